The fraction of sp³-hybridized carbons (Fsp3) is 0.450. The Morgan fingerprint density at radius 3 is 3.00 bits per heavy atom. The number of anilines is 3. The molecule has 0 aliphatic carbocycles. The number of nitriles is 1. The van der Waals surface area contributed by atoms with E-state index >= 15 is 0 Å². The van der Waals surface area contributed by atoms with Crippen LogP contribution in [0.3, 0.4) is 0 Å². The van der Waals surface area contributed by atoms with E-state index in [1.54, 1.807) is 12.1 Å². The predicted octanol–water partition coefficient (Wildman–Crippen LogP) is 3.36. The van der Waals surface area contributed by atoms with Crippen molar-refractivity contribution in [3.63, 3.8) is 0 Å². The number of nitrogens with two attached hydrogens (primary N) is 1. The topological polar surface area (TPSA) is 90.9 Å². The first-order valence-electron chi connectivity index (χ1n) is 9.33. The highest BCUT2D eigenvalue weighted by molar-refractivity contribution is 5.58. The van der Waals surface area contributed by atoms with E-state index < -0.39 is 0 Å². The molecule has 0 saturated carbocycles. The molecule has 3 rings (SSSR count). The van der Waals surface area contributed by atoms with Crippen molar-refractivity contribution in [2.75, 3.05) is 23.3 Å². The molecule has 3 N–H and O–H groups in total. The van der Waals surface area contributed by atoms with Gasteiger partial charge in [0.25, 0.3) is 0 Å². The van der Waals surface area contributed by atoms with Crippen LogP contribution in [0.2, 0.25) is 0 Å². The van der Waals surface area contributed by atoms with Gasteiger partial charge in [-0.05, 0) is 43.9 Å². The van der Waals surface area contributed by atoms with Crippen LogP contribution in [0.15, 0.2) is 30.3 Å². The molecule has 2 heterocycles. The lowest BCUT2D eigenvalue weighted by Gasteiger charge is -2.32. The molecule has 2 aromatic rings. The highest BCUT2D eigenvalue weighted by Crippen LogP contribution is 2.22. The van der Waals surface area contributed by atoms with Crippen molar-refractivity contribution in [3.8, 4) is 6.07 Å². The van der Waals surface area contributed by atoms with Gasteiger partial charge in [-0.1, -0.05) is 19.4 Å². The summed E-state index contributed by atoms with van der Waals surface area (Å²) in [7, 11) is 0. The van der Waals surface area contributed by atoms with Crippen molar-refractivity contribution in [2.24, 2.45) is 5.73 Å². The Morgan fingerprint density at radius 1 is 1.35 bits per heavy atom. The first kappa shape index (κ1) is 18.2. The Bertz CT molecular complexity index is 782. The smallest absolute Gasteiger partial charge is 0.229 e. The summed E-state index contributed by atoms with van der Waals surface area (Å²) in [4.78, 5) is 11.6. The number of benzene rings is 1. The molecule has 1 saturated heterocycles. The van der Waals surface area contributed by atoms with Crippen LogP contribution in [0.5, 0.6) is 0 Å². The third-order valence-corrected chi connectivity index (χ3v) is 4.58. The molecule has 6 heteroatoms. The monoisotopic (exact) mass is 350 g/mol. The molecule has 136 valence electrons. The number of hydrogen-bond acceptors (Lipinski definition) is 6. The maximum Gasteiger partial charge on any atom is 0.229 e. The number of nitrogens with one attached hydrogen (secondary N) is 1. The summed E-state index contributed by atoms with van der Waals surface area (Å²) in [6.45, 7) is 3.98. The number of hydrogen-bond donors (Lipinski definition) is 2. The van der Waals surface area contributed by atoms with Crippen molar-refractivity contribution in [3.05, 3.63) is 41.6 Å². The highest BCUT2D eigenvalue weighted by atomic mass is 15.2. The number of piperidine rings is 1. The minimum Gasteiger partial charge on any atom is -0.355 e. The minimum atomic E-state index is 0.196. The molecule has 26 heavy (non-hydrogen) atoms. The molecule has 1 atom stereocenters. The average molecular weight is 350 g/mol. The van der Waals surface area contributed by atoms with Gasteiger partial charge in [0.15, 0.2) is 0 Å². The molecule has 1 aliphatic rings. The van der Waals surface area contributed by atoms with E-state index in [-0.39, 0.29) is 6.04 Å². The molecule has 6 nitrogen and oxygen atoms in total. The SMILES string of the molecule is CCCCc1cc(N2CCC[C@@H](N)C2)nc(Nc2cccc(C#N)c2)n1. The maximum atomic E-state index is 9.08. The van der Waals surface area contributed by atoms with Gasteiger partial charge in [0.1, 0.15) is 5.82 Å². The van der Waals surface area contributed by atoms with E-state index in [1.807, 2.05) is 12.1 Å². The second-order valence-electron chi connectivity index (χ2n) is 6.81. The summed E-state index contributed by atoms with van der Waals surface area (Å²) in [5.74, 6) is 1.50. The second kappa shape index (κ2) is 8.63. The molecule has 0 unspecified atom stereocenters. The van der Waals surface area contributed by atoms with Crippen LogP contribution in [0.25, 0.3) is 0 Å². The zero-order valence-corrected chi connectivity index (χ0v) is 15.3. The molecule has 0 spiro atoms. The first-order valence-corrected chi connectivity index (χ1v) is 9.33. The van der Waals surface area contributed by atoms with Gasteiger partial charge in [0.05, 0.1) is 11.6 Å². The molecular weight excluding hydrogens is 324 g/mol. The predicted molar refractivity (Wildman–Crippen MR) is 105 cm³/mol. The van der Waals surface area contributed by atoms with Gasteiger partial charge in [0.2, 0.25) is 5.95 Å². The summed E-state index contributed by atoms with van der Waals surface area (Å²) in [6.07, 6.45) is 5.30. The molecular formula is C20H26N6. The third kappa shape index (κ3) is 4.70. The normalized spacial score (nSPS) is 17.0. The van der Waals surface area contributed by atoms with Crippen LogP contribution < -0.4 is 16.0 Å². The van der Waals surface area contributed by atoms with Crippen molar-refractivity contribution >= 4 is 17.5 Å². The van der Waals surface area contributed by atoms with Gasteiger partial charge < -0.3 is 16.0 Å². The fourth-order valence-corrected chi connectivity index (χ4v) is 3.20. The quantitative estimate of drug-likeness (QED) is 0.830. The molecule has 1 aromatic carbocycles. The van der Waals surface area contributed by atoms with E-state index in [0.29, 0.717) is 11.5 Å². The third-order valence-electron chi connectivity index (χ3n) is 4.58. The fourth-order valence-electron chi connectivity index (χ4n) is 3.20. The first-order chi connectivity index (χ1) is 12.7. The number of aromatic nitrogens is 2. The van der Waals surface area contributed by atoms with Gasteiger partial charge >= 0.3 is 0 Å². The highest BCUT2D eigenvalue weighted by Gasteiger charge is 2.19. The Labute approximate surface area is 155 Å². The molecule has 1 aliphatic heterocycles. The van der Waals surface area contributed by atoms with Gasteiger partial charge in [-0.2, -0.15) is 10.2 Å². The van der Waals surface area contributed by atoms with Crippen molar-refractivity contribution < 1.29 is 0 Å². The zero-order chi connectivity index (χ0) is 18.4. The summed E-state index contributed by atoms with van der Waals surface area (Å²) in [5, 5.41) is 12.3. The number of nitrogens with zero attached hydrogens (tertiary/aromatic N) is 4. The zero-order valence-electron chi connectivity index (χ0n) is 15.3. The lowest BCUT2D eigenvalue weighted by molar-refractivity contribution is 0.503. The van der Waals surface area contributed by atoms with Crippen LogP contribution >= 0.6 is 0 Å². The largest absolute Gasteiger partial charge is 0.355 e. The van der Waals surface area contributed by atoms with E-state index in [9.17, 15) is 0 Å². The van der Waals surface area contributed by atoms with Crippen molar-refractivity contribution in [1.82, 2.24) is 9.97 Å². The van der Waals surface area contributed by atoms with E-state index in [1.165, 1.54) is 0 Å². The standard InChI is InChI=1S/C20H26N6/c1-2-3-8-18-12-19(26-10-5-7-16(22)14-26)25-20(24-18)23-17-9-4-6-15(11-17)13-21/h4,6,9,11-12,16H,2-3,5,7-8,10,14,22H2,1H3,(H,23,24,25)/t16-/m1/s1. The van der Waals surface area contributed by atoms with E-state index in [4.69, 9.17) is 16.0 Å². The van der Waals surface area contributed by atoms with E-state index in [2.05, 4.69) is 34.3 Å². The lowest BCUT2D eigenvalue weighted by atomic mass is 10.1. The molecule has 0 radical (unpaired) electrons. The molecule has 0 amide bonds. The van der Waals surface area contributed by atoms with Gasteiger partial charge in [-0.15, -0.1) is 0 Å². The van der Waals surface area contributed by atoms with Crippen LogP contribution in [0.4, 0.5) is 17.5 Å². The number of aryl methyl sites for hydroxylation is 1. The van der Waals surface area contributed by atoms with Crippen LogP contribution in [-0.2, 0) is 6.42 Å². The summed E-state index contributed by atoms with van der Waals surface area (Å²) < 4.78 is 0. The maximum absolute atomic E-state index is 9.08. The van der Waals surface area contributed by atoms with Gasteiger partial charge in [0, 0.05) is 36.6 Å². The van der Waals surface area contributed by atoms with E-state index in [0.717, 1.165) is 62.4 Å². The molecule has 1 aromatic heterocycles. The summed E-state index contributed by atoms with van der Waals surface area (Å²) in [5.41, 5.74) is 8.61. The Hall–Kier alpha value is -2.65. The Morgan fingerprint density at radius 2 is 2.23 bits per heavy atom. The Kier molecular flexibility index (Phi) is 6.03. The second-order valence-corrected chi connectivity index (χ2v) is 6.81. The Balaban J connectivity index is 1.87. The summed E-state index contributed by atoms with van der Waals surface area (Å²) >= 11 is 0. The van der Waals surface area contributed by atoms with Crippen LogP contribution in [0, 0.1) is 11.3 Å². The van der Waals surface area contributed by atoms with Gasteiger partial charge in [-0.3, -0.25) is 0 Å². The van der Waals surface area contributed by atoms with Crippen molar-refractivity contribution in [1.29, 1.82) is 5.26 Å². The number of unbranched alkanes of at least 4 members (excludes halogenated alkanes) is 1. The minimum absolute atomic E-state index is 0.196. The molecule has 1 fully saturated rings. The van der Waals surface area contributed by atoms with Crippen LogP contribution in [0.1, 0.15) is 43.9 Å². The van der Waals surface area contributed by atoms with Crippen molar-refractivity contribution in [2.45, 2.75) is 45.1 Å². The molecule has 0 bridgehead atoms. The lowest BCUT2D eigenvalue weighted by Crippen LogP contribution is -2.43. The number of rotatable bonds is 6. The summed E-state index contributed by atoms with van der Waals surface area (Å²) in [6, 6.07) is 11.8. The van der Waals surface area contributed by atoms with Gasteiger partial charge in [-0.25, -0.2) is 4.98 Å². The average Bonchev–Trinajstić information content (AvgIpc) is 2.66. The van der Waals surface area contributed by atoms with Crippen LogP contribution in [-0.4, -0.2) is 29.1 Å².